The first kappa shape index (κ1) is 14.5. The van der Waals surface area contributed by atoms with Crippen molar-refractivity contribution >= 4 is 27.4 Å². The molecule has 20 heavy (non-hydrogen) atoms. The van der Waals surface area contributed by atoms with Crippen LogP contribution >= 0.6 is 15.9 Å². The lowest BCUT2D eigenvalue weighted by Crippen LogP contribution is -2.09. The van der Waals surface area contributed by atoms with Crippen LogP contribution in [0.5, 0.6) is 5.75 Å². The van der Waals surface area contributed by atoms with Crippen molar-refractivity contribution in [3.8, 4) is 5.75 Å². The molecule has 5 heteroatoms. The molecule has 0 heterocycles. The van der Waals surface area contributed by atoms with Crippen molar-refractivity contribution in [2.75, 3.05) is 12.8 Å². The topological polar surface area (TPSA) is 52.3 Å². The fraction of sp³-hybridized carbons (Fsp3) is 0.133. The summed E-state index contributed by atoms with van der Waals surface area (Å²) in [5, 5.41) is 0. The lowest BCUT2D eigenvalue weighted by Gasteiger charge is -2.08. The zero-order valence-electron chi connectivity index (χ0n) is 10.8. The number of nitrogens with two attached hydrogens (primary N) is 1. The molecule has 0 amide bonds. The molecule has 0 atom stereocenters. The molecule has 0 unspecified atom stereocenters. The average molecular weight is 338 g/mol. The summed E-state index contributed by atoms with van der Waals surface area (Å²) in [6.07, 6.45) is 0.117. The molecular weight excluding hydrogens is 325 g/mol. The van der Waals surface area contributed by atoms with Crippen LogP contribution < -0.4 is 10.5 Å². The zero-order valence-corrected chi connectivity index (χ0v) is 12.4. The van der Waals surface area contributed by atoms with Crippen molar-refractivity contribution in [3.05, 3.63) is 57.8 Å². The van der Waals surface area contributed by atoms with Gasteiger partial charge in [0, 0.05) is 16.5 Å². The van der Waals surface area contributed by atoms with E-state index in [1.807, 2.05) is 0 Å². The third-order valence-electron chi connectivity index (χ3n) is 2.96. The Kier molecular flexibility index (Phi) is 4.39. The molecule has 0 aliphatic heterocycles. The molecular formula is C15H13BrFNO2. The van der Waals surface area contributed by atoms with Gasteiger partial charge in [-0.1, -0.05) is 22.0 Å². The molecule has 0 bridgehead atoms. The van der Waals surface area contributed by atoms with Gasteiger partial charge in [0.15, 0.2) is 5.78 Å². The molecule has 2 N–H and O–H groups in total. The van der Waals surface area contributed by atoms with Crippen LogP contribution in [0.2, 0.25) is 0 Å². The molecule has 0 aliphatic carbocycles. The number of hydrogen-bond donors (Lipinski definition) is 1. The number of methoxy groups -OCH3 is 1. The molecule has 2 rings (SSSR count). The second kappa shape index (κ2) is 6.05. The number of nitrogen functional groups attached to an aromatic ring is 1. The first-order chi connectivity index (χ1) is 9.52. The van der Waals surface area contributed by atoms with Gasteiger partial charge in [-0.3, -0.25) is 4.79 Å². The van der Waals surface area contributed by atoms with Crippen molar-refractivity contribution < 1.29 is 13.9 Å². The van der Waals surface area contributed by atoms with E-state index in [1.165, 1.54) is 18.2 Å². The summed E-state index contributed by atoms with van der Waals surface area (Å²) in [6.45, 7) is 0. The van der Waals surface area contributed by atoms with Gasteiger partial charge in [-0.25, -0.2) is 4.39 Å². The fourth-order valence-electron chi connectivity index (χ4n) is 1.86. The maximum Gasteiger partial charge on any atom is 0.169 e. The van der Waals surface area contributed by atoms with Gasteiger partial charge in [-0.2, -0.15) is 0 Å². The largest absolute Gasteiger partial charge is 0.497 e. The van der Waals surface area contributed by atoms with E-state index in [2.05, 4.69) is 15.9 Å². The van der Waals surface area contributed by atoms with Crippen molar-refractivity contribution in [3.63, 3.8) is 0 Å². The number of rotatable bonds is 4. The Hall–Kier alpha value is -1.88. The first-order valence-corrected chi connectivity index (χ1v) is 6.72. The van der Waals surface area contributed by atoms with Crippen LogP contribution in [0.4, 0.5) is 10.1 Å². The number of carbonyl (C=O) groups excluding carboxylic acids is 1. The minimum absolute atomic E-state index is 0.114. The minimum atomic E-state index is -0.583. The standard InChI is InChI=1S/C15H13BrFNO2/c1-20-10-5-6-12(16)9(7-10)8-14(19)11-3-2-4-13(17)15(11)18/h2-7H,8,18H2,1H3. The van der Waals surface area contributed by atoms with Gasteiger partial charge in [0.25, 0.3) is 0 Å². The second-order valence-corrected chi connectivity index (χ2v) is 5.11. The van der Waals surface area contributed by atoms with E-state index < -0.39 is 5.82 Å². The Morgan fingerprint density at radius 1 is 1.35 bits per heavy atom. The summed E-state index contributed by atoms with van der Waals surface area (Å²) in [5.74, 6) is -0.167. The quantitative estimate of drug-likeness (QED) is 0.685. The highest BCUT2D eigenvalue weighted by atomic mass is 79.9. The van der Waals surface area contributed by atoms with E-state index in [4.69, 9.17) is 10.5 Å². The van der Waals surface area contributed by atoms with E-state index in [0.29, 0.717) is 5.75 Å². The third-order valence-corrected chi connectivity index (χ3v) is 3.73. The molecule has 0 radical (unpaired) electrons. The predicted octanol–water partition coefficient (Wildman–Crippen LogP) is 3.60. The average Bonchev–Trinajstić information content (AvgIpc) is 2.44. The van der Waals surface area contributed by atoms with Gasteiger partial charge in [0.1, 0.15) is 11.6 Å². The highest BCUT2D eigenvalue weighted by Crippen LogP contribution is 2.25. The van der Waals surface area contributed by atoms with E-state index in [1.54, 1.807) is 25.3 Å². The van der Waals surface area contributed by atoms with Gasteiger partial charge in [0.2, 0.25) is 0 Å². The Balaban J connectivity index is 2.30. The summed E-state index contributed by atoms with van der Waals surface area (Å²) in [7, 11) is 1.55. The first-order valence-electron chi connectivity index (χ1n) is 5.92. The second-order valence-electron chi connectivity index (χ2n) is 4.26. The number of anilines is 1. The van der Waals surface area contributed by atoms with E-state index in [0.717, 1.165) is 10.0 Å². The van der Waals surface area contributed by atoms with Crippen molar-refractivity contribution in [2.45, 2.75) is 6.42 Å². The summed E-state index contributed by atoms with van der Waals surface area (Å²) in [6, 6.07) is 9.57. The molecule has 0 fully saturated rings. The van der Waals surface area contributed by atoms with Gasteiger partial charge < -0.3 is 10.5 Å². The van der Waals surface area contributed by atoms with Crippen molar-refractivity contribution in [1.29, 1.82) is 0 Å². The molecule has 2 aromatic carbocycles. The molecule has 0 spiro atoms. The molecule has 2 aromatic rings. The van der Waals surface area contributed by atoms with Crippen LogP contribution in [0.15, 0.2) is 40.9 Å². The van der Waals surface area contributed by atoms with Crippen LogP contribution in [0.1, 0.15) is 15.9 Å². The van der Waals surface area contributed by atoms with Crippen LogP contribution in [0, 0.1) is 5.82 Å². The number of carbonyl (C=O) groups is 1. The van der Waals surface area contributed by atoms with Crippen LogP contribution in [0.25, 0.3) is 0 Å². The molecule has 104 valence electrons. The minimum Gasteiger partial charge on any atom is -0.497 e. The Labute approximate surface area is 124 Å². The molecule has 0 aliphatic rings. The summed E-state index contributed by atoms with van der Waals surface area (Å²) < 4.78 is 19.3. The van der Waals surface area contributed by atoms with E-state index >= 15 is 0 Å². The Bertz CT molecular complexity index is 658. The van der Waals surface area contributed by atoms with Gasteiger partial charge in [-0.15, -0.1) is 0 Å². The molecule has 3 nitrogen and oxygen atoms in total. The summed E-state index contributed by atoms with van der Waals surface area (Å²) in [5.41, 5.74) is 6.44. The number of halogens is 2. The number of para-hydroxylation sites is 1. The van der Waals surface area contributed by atoms with E-state index in [-0.39, 0.29) is 23.5 Å². The SMILES string of the molecule is COc1ccc(Br)c(CC(=O)c2cccc(F)c2N)c1. The maximum atomic E-state index is 13.4. The Morgan fingerprint density at radius 3 is 2.80 bits per heavy atom. The van der Waals surface area contributed by atoms with Gasteiger partial charge in [-0.05, 0) is 35.9 Å². The van der Waals surface area contributed by atoms with Crippen LogP contribution in [-0.4, -0.2) is 12.9 Å². The highest BCUT2D eigenvalue weighted by Gasteiger charge is 2.15. The summed E-state index contributed by atoms with van der Waals surface area (Å²) in [4.78, 5) is 12.2. The van der Waals surface area contributed by atoms with Crippen LogP contribution in [-0.2, 0) is 6.42 Å². The predicted molar refractivity (Wildman–Crippen MR) is 79.5 cm³/mol. The maximum absolute atomic E-state index is 13.4. The number of Topliss-reactive ketones (excluding diaryl/α,β-unsaturated/α-hetero) is 1. The smallest absolute Gasteiger partial charge is 0.169 e. The highest BCUT2D eigenvalue weighted by molar-refractivity contribution is 9.10. The molecule has 0 aromatic heterocycles. The zero-order chi connectivity index (χ0) is 14.7. The monoisotopic (exact) mass is 337 g/mol. The summed E-state index contributed by atoms with van der Waals surface area (Å²) >= 11 is 3.38. The Morgan fingerprint density at radius 2 is 2.10 bits per heavy atom. The third kappa shape index (κ3) is 2.99. The van der Waals surface area contributed by atoms with Crippen molar-refractivity contribution in [1.82, 2.24) is 0 Å². The fourth-order valence-corrected chi connectivity index (χ4v) is 2.25. The lowest BCUT2D eigenvalue weighted by molar-refractivity contribution is 0.0993. The van der Waals surface area contributed by atoms with Gasteiger partial charge in [0.05, 0.1) is 12.8 Å². The number of ketones is 1. The normalized spacial score (nSPS) is 10.3. The van der Waals surface area contributed by atoms with Gasteiger partial charge >= 0.3 is 0 Å². The number of hydrogen-bond acceptors (Lipinski definition) is 3. The van der Waals surface area contributed by atoms with E-state index in [9.17, 15) is 9.18 Å². The van der Waals surface area contributed by atoms with Crippen LogP contribution in [0.3, 0.4) is 0 Å². The number of ether oxygens (including phenoxy) is 1. The molecule has 0 saturated carbocycles. The lowest BCUT2D eigenvalue weighted by atomic mass is 10.0. The van der Waals surface area contributed by atoms with Crippen molar-refractivity contribution in [2.24, 2.45) is 0 Å². The number of benzene rings is 2. The molecule has 0 saturated heterocycles.